The molecule has 1 atom stereocenters. The number of hydrogen-bond donors (Lipinski definition) is 0. The standard InChI is InChI=1S/C75H130O6/c1-4-7-10-13-16-19-22-25-28-30-31-32-33-34-35-36-37-38-39-40-41-42-43-45-47-50-53-56-59-62-65-68-74(77)80-71-72(70-79-73(76)67-64-61-58-55-52-49-46-27-24-21-18-15-12-9-6-3)81-75(78)69-66-63-60-57-54-51-48-44-29-26-23-20-17-14-11-8-5-2/h7,9-10,12,16,18-19,21,25,27-28,31-32,34-35,46,72H,4-6,8,11,13-15,17,20,22-24,26,29-30,33,36-45,47-71H2,1-3H3/b10-7-,12-9-,19-16-,21-18-,28-25-,32-31-,35-34-,46-27-. The summed E-state index contributed by atoms with van der Waals surface area (Å²) in [6.07, 6.45) is 92.9. The predicted octanol–water partition coefficient (Wildman–Crippen LogP) is 24.0. The molecule has 0 fully saturated rings. The molecular formula is C75H130O6. The van der Waals surface area contributed by atoms with Gasteiger partial charge in [-0.25, -0.2) is 0 Å². The Kier molecular flexibility index (Phi) is 65.7. The quantitative estimate of drug-likeness (QED) is 0.0261. The van der Waals surface area contributed by atoms with Crippen LogP contribution in [0.5, 0.6) is 0 Å². The van der Waals surface area contributed by atoms with E-state index in [0.717, 1.165) is 128 Å². The molecule has 0 radical (unpaired) electrons. The molecule has 6 heteroatoms. The van der Waals surface area contributed by atoms with Crippen LogP contribution in [0.3, 0.4) is 0 Å². The van der Waals surface area contributed by atoms with Crippen LogP contribution >= 0.6 is 0 Å². The molecule has 0 saturated heterocycles. The number of hydrogen-bond acceptors (Lipinski definition) is 6. The van der Waals surface area contributed by atoms with Gasteiger partial charge >= 0.3 is 17.9 Å². The van der Waals surface area contributed by atoms with Crippen LogP contribution in [0.1, 0.15) is 342 Å². The van der Waals surface area contributed by atoms with E-state index in [2.05, 4.69) is 118 Å². The highest BCUT2D eigenvalue weighted by Gasteiger charge is 2.19. The maximum atomic E-state index is 12.9. The van der Waals surface area contributed by atoms with Gasteiger partial charge in [-0.3, -0.25) is 14.4 Å². The van der Waals surface area contributed by atoms with Gasteiger partial charge in [0.25, 0.3) is 0 Å². The molecule has 0 aromatic carbocycles. The van der Waals surface area contributed by atoms with Crippen LogP contribution in [-0.2, 0) is 28.6 Å². The van der Waals surface area contributed by atoms with Crippen molar-refractivity contribution in [3.63, 3.8) is 0 Å². The van der Waals surface area contributed by atoms with E-state index in [1.165, 1.54) is 173 Å². The molecule has 0 heterocycles. The molecule has 0 bridgehead atoms. The van der Waals surface area contributed by atoms with Crippen molar-refractivity contribution >= 4 is 17.9 Å². The lowest BCUT2D eigenvalue weighted by atomic mass is 10.0. The van der Waals surface area contributed by atoms with E-state index in [9.17, 15) is 14.4 Å². The molecule has 0 saturated carbocycles. The fraction of sp³-hybridized carbons (Fsp3) is 0.747. The number of rotatable bonds is 63. The van der Waals surface area contributed by atoms with Gasteiger partial charge in [-0.05, 0) is 96.3 Å². The minimum absolute atomic E-state index is 0.0790. The first kappa shape index (κ1) is 77.3. The Morgan fingerprint density at radius 1 is 0.259 bits per heavy atom. The molecule has 0 spiro atoms. The monoisotopic (exact) mass is 1130 g/mol. The van der Waals surface area contributed by atoms with Crippen molar-refractivity contribution in [2.75, 3.05) is 13.2 Å². The van der Waals surface area contributed by atoms with E-state index < -0.39 is 6.10 Å². The van der Waals surface area contributed by atoms with E-state index >= 15 is 0 Å². The van der Waals surface area contributed by atoms with Crippen molar-refractivity contribution in [3.05, 3.63) is 97.2 Å². The summed E-state index contributed by atoms with van der Waals surface area (Å²) in [5.74, 6) is -0.879. The average molecular weight is 1130 g/mol. The van der Waals surface area contributed by atoms with Crippen molar-refractivity contribution in [2.24, 2.45) is 0 Å². The Hall–Kier alpha value is -3.67. The van der Waals surface area contributed by atoms with E-state index in [-0.39, 0.29) is 31.1 Å². The van der Waals surface area contributed by atoms with Gasteiger partial charge in [0, 0.05) is 19.3 Å². The first-order valence-corrected chi connectivity index (χ1v) is 34.7. The fourth-order valence-corrected chi connectivity index (χ4v) is 9.96. The molecule has 466 valence electrons. The molecular weight excluding hydrogens is 997 g/mol. The van der Waals surface area contributed by atoms with Crippen LogP contribution in [0.15, 0.2) is 97.2 Å². The first-order chi connectivity index (χ1) is 40.0. The van der Waals surface area contributed by atoms with Crippen LogP contribution in [0, 0.1) is 0 Å². The Bertz CT molecular complexity index is 1580. The molecule has 0 aliphatic carbocycles. The van der Waals surface area contributed by atoms with E-state index in [1.54, 1.807) is 0 Å². The average Bonchev–Trinajstić information content (AvgIpc) is 3.47. The summed E-state index contributed by atoms with van der Waals surface area (Å²) in [6.45, 7) is 6.45. The highest BCUT2D eigenvalue weighted by Crippen LogP contribution is 2.18. The molecule has 0 aromatic heterocycles. The van der Waals surface area contributed by atoms with Crippen LogP contribution in [0.25, 0.3) is 0 Å². The number of esters is 3. The van der Waals surface area contributed by atoms with Crippen molar-refractivity contribution in [1.82, 2.24) is 0 Å². The number of carbonyl (C=O) groups is 3. The topological polar surface area (TPSA) is 78.9 Å². The zero-order valence-corrected chi connectivity index (χ0v) is 53.5. The smallest absolute Gasteiger partial charge is 0.306 e. The molecule has 0 amide bonds. The van der Waals surface area contributed by atoms with Crippen molar-refractivity contribution in [3.8, 4) is 0 Å². The Labute approximate surface area is 502 Å². The first-order valence-electron chi connectivity index (χ1n) is 34.7. The number of carbonyl (C=O) groups excluding carboxylic acids is 3. The maximum Gasteiger partial charge on any atom is 0.306 e. The van der Waals surface area contributed by atoms with E-state index in [0.29, 0.717) is 19.3 Å². The van der Waals surface area contributed by atoms with Crippen LogP contribution in [0.2, 0.25) is 0 Å². The number of ether oxygens (including phenoxy) is 3. The van der Waals surface area contributed by atoms with E-state index in [4.69, 9.17) is 14.2 Å². The van der Waals surface area contributed by atoms with Crippen molar-refractivity contribution in [2.45, 2.75) is 348 Å². The molecule has 0 rings (SSSR count). The van der Waals surface area contributed by atoms with Gasteiger partial charge in [-0.15, -0.1) is 0 Å². The lowest BCUT2D eigenvalue weighted by molar-refractivity contribution is -0.167. The maximum absolute atomic E-state index is 12.9. The minimum Gasteiger partial charge on any atom is -0.462 e. The van der Waals surface area contributed by atoms with Gasteiger partial charge in [0.05, 0.1) is 0 Å². The lowest BCUT2D eigenvalue weighted by Gasteiger charge is -2.18. The summed E-state index contributed by atoms with van der Waals surface area (Å²) in [5.41, 5.74) is 0. The second-order valence-electron chi connectivity index (χ2n) is 23.0. The van der Waals surface area contributed by atoms with Crippen LogP contribution < -0.4 is 0 Å². The Balaban J connectivity index is 4.24. The summed E-state index contributed by atoms with van der Waals surface area (Å²) in [5, 5.41) is 0. The number of unbranched alkanes of at least 4 members (excludes halogenated alkanes) is 36. The fourth-order valence-electron chi connectivity index (χ4n) is 9.96. The van der Waals surface area contributed by atoms with E-state index in [1.807, 2.05) is 0 Å². The van der Waals surface area contributed by atoms with Crippen molar-refractivity contribution < 1.29 is 28.6 Å². The van der Waals surface area contributed by atoms with Gasteiger partial charge in [-0.2, -0.15) is 0 Å². The predicted molar refractivity (Wildman–Crippen MR) is 353 cm³/mol. The zero-order chi connectivity index (χ0) is 58.5. The summed E-state index contributed by atoms with van der Waals surface area (Å²) in [4.78, 5) is 38.4. The SMILES string of the molecule is CC/C=C\C/C=C\C/C=C\C/C=C\C/C=C\CCCCCCCCCCCCCCCCCC(=O)OCC(COC(=O)CCCCCCC/C=C\C/C=C\C/C=C\CC)OC(=O)CCCCCCCCCCCCCCCCCCC. The van der Waals surface area contributed by atoms with Gasteiger partial charge in [0.15, 0.2) is 6.10 Å². The summed E-state index contributed by atoms with van der Waals surface area (Å²) < 4.78 is 17.0. The summed E-state index contributed by atoms with van der Waals surface area (Å²) >= 11 is 0. The third-order valence-corrected chi connectivity index (χ3v) is 15.1. The highest BCUT2D eigenvalue weighted by molar-refractivity contribution is 5.71. The second-order valence-corrected chi connectivity index (χ2v) is 23.0. The van der Waals surface area contributed by atoms with Crippen LogP contribution in [-0.4, -0.2) is 37.2 Å². The van der Waals surface area contributed by atoms with Crippen LogP contribution in [0.4, 0.5) is 0 Å². The van der Waals surface area contributed by atoms with Gasteiger partial charge in [0.2, 0.25) is 0 Å². The lowest BCUT2D eigenvalue weighted by Crippen LogP contribution is -2.30. The van der Waals surface area contributed by atoms with Crippen molar-refractivity contribution in [1.29, 1.82) is 0 Å². The Morgan fingerprint density at radius 3 is 0.753 bits per heavy atom. The van der Waals surface area contributed by atoms with Gasteiger partial charge in [0.1, 0.15) is 13.2 Å². The third kappa shape index (κ3) is 67.0. The summed E-state index contributed by atoms with van der Waals surface area (Å²) in [6, 6.07) is 0. The molecule has 81 heavy (non-hydrogen) atoms. The second kappa shape index (κ2) is 68.8. The highest BCUT2D eigenvalue weighted by atomic mass is 16.6. The largest absolute Gasteiger partial charge is 0.462 e. The number of allylic oxidation sites excluding steroid dienone is 16. The molecule has 0 aromatic rings. The van der Waals surface area contributed by atoms with Gasteiger partial charge < -0.3 is 14.2 Å². The normalized spacial score (nSPS) is 12.7. The zero-order valence-electron chi connectivity index (χ0n) is 53.5. The third-order valence-electron chi connectivity index (χ3n) is 15.1. The minimum atomic E-state index is -0.783. The molecule has 0 aliphatic heterocycles. The Morgan fingerprint density at radius 2 is 0.481 bits per heavy atom. The molecule has 6 nitrogen and oxygen atoms in total. The van der Waals surface area contributed by atoms with Gasteiger partial charge in [-0.1, -0.05) is 323 Å². The molecule has 0 aliphatic rings. The summed E-state index contributed by atoms with van der Waals surface area (Å²) in [7, 11) is 0. The molecule has 1 unspecified atom stereocenters. The molecule has 0 N–H and O–H groups in total.